The molecule has 0 aliphatic heterocycles. The van der Waals surface area contributed by atoms with Gasteiger partial charge in [-0.3, -0.25) is 9.59 Å². The van der Waals surface area contributed by atoms with Gasteiger partial charge in [0.15, 0.2) is 0 Å². The van der Waals surface area contributed by atoms with Crippen LogP contribution in [0, 0.1) is 0 Å². The quantitative estimate of drug-likeness (QED) is 0.871. The highest BCUT2D eigenvalue weighted by Crippen LogP contribution is 2.17. The zero-order valence-corrected chi connectivity index (χ0v) is 11.0. The summed E-state index contributed by atoms with van der Waals surface area (Å²) in [6.07, 6.45) is 0.0720. The van der Waals surface area contributed by atoms with E-state index in [-0.39, 0.29) is 12.3 Å². The van der Waals surface area contributed by atoms with Crippen LogP contribution in [0.4, 0.5) is 0 Å². The first-order valence-electron chi connectivity index (χ1n) is 6.36. The van der Waals surface area contributed by atoms with Crippen LogP contribution in [0.5, 0.6) is 0 Å². The maximum absolute atomic E-state index is 12.1. The lowest BCUT2D eigenvalue weighted by atomic mass is 10.0. The van der Waals surface area contributed by atoms with Gasteiger partial charge in [-0.15, -0.1) is 0 Å². The van der Waals surface area contributed by atoms with E-state index < -0.39 is 11.9 Å². The molecule has 0 radical (unpaired) electrons. The van der Waals surface area contributed by atoms with Gasteiger partial charge in [-0.2, -0.15) is 0 Å². The maximum atomic E-state index is 12.1. The van der Waals surface area contributed by atoms with Gasteiger partial charge in [0, 0.05) is 5.56 Å². The standard InChI is InChI=1S/C16H16N2O2/c17-15(19)11-14(12-7-3-1-4-8-12)18-16(20)13-9-5-2-6-10-13/h1-10,14H,11H2,(H2,17,19)(H,18,20). The van der Waals surface area contributed by atoms with Crippen molar-refractivity contribution in [1.82, 2.24) is 5.32 Å². The van der Waals surface area contributed by atoms with Gasteiger partial charge in [0.1, 0.15) is 0 Å². The predicted molar refractivity (Wildman–Crippen MR) is 76.9 cm³/mol. The van der Waals surface area contributed by atoms with Gasteiger partial charge < -0.3 is 11.1 Å². The van der Waals surface area contributed by atoms with E-state index in [0.717, 1.165) is 5.56 Å². The van der Waals surface area contributed by atoms with Crippen molar-refractivity contribution in [2.24, 2.45) is 5.73 Å². The molecule has 3 N–H and O–H groups in total. The SMILES string of the molecule is NC(=O)CC(NC(=O)c1ccccc1)c1ccccc1. The Hall–Kier alpha value is -2.62. The molecule has 1 atom stereocenters. The van der Waals surface area contributed by atoms with E-state index in [9.17, 15) is 9.59 Å². The molecule has 102 valence electrons. The Balaban J connectivity index is 2.16. The summed E-state index contributed by atoms with van der Waals surface area (Å²) < 4.78 is 0. The van der Waals surface area contributed by atoms with Gasteiger partial charge in [0.05, 0.1) is 12.5 Å². The Labute approximate surface area is 117 Å². The van der Waals surface area contributed by atoms with Crippen molar-refractivity contribution in [1.29, 1.82) is 0 Å². The van der Waals surface area contributed by atoms with Crippen LogP contribution in [-0.4, -0.2) is 11.8 Å². The molecular weight excluding hydrogens is 252 g/mol. The fourth-order valence-corrected chi connectivity index (χ4v) is 1.97. The minimum absolute atomic E-state index is 0.0720. The highest BCUT2D eigenvalue weighted by Gasteiger charge is 2.17. The molecule has 4 heteroatoms. The molecule has 0 heterocycles. The van der Waals surface area contributed by atoms with Gasteiger partial charge >= 0.3 is 0 Å². The van der Waals surface area contributed by atoms with E-state index in [2.05, 4.69) is 5.32 Å². The van der Waals surface area contributed by atoms with E-state index in [1.165, 1.54) is 0 Å². The zero-order chi connectivity index (χ0) is 14.4. The van der Waals surface area contributed by atoms with Gasteiger partial charge in [-0.25, -0.2) is 0 Å². The summed E-state index contributed by atoms with van der Waals surface area (Å²) in [5.41, 5.74) is 6.67. The van der Waals surface area contributed by atoms with Crippen LogP contribution in [0.2, 0.25) is 0 Å². The largest absolute Gasteiger partial charge is 0.370 e. The lowest BCUT2D eigenvalue weighted by Crippen LogP contribution is -2.31. The number of carbonyl (C=O) groups excluding carboxylic acids is 2. The summed E-state index contributed by atoms with van der Waals surface area (Å²) >= 11 is 0. The van der Waals surface area contributed by atoms with Gasteiger partial charge in [-0.05, 0) is 17.7 Å². The maximum Gasteiger partial charge on any atom is 0.251 e. The minimum Gasteiger partial charge on any atom is -0.370 e. The number of rotatable bonds is 5. The van der Waals surface area contributed by atoms with E-state index in [1.54, 1.807) is 24.3 Å². The van der Waals surface area contributed by atoms with Crippen LogP contribution in [0.1, 0.15) is 28.4 Å². The van der Waals surface area contributed by atoms with Gasteiger partial charge in [0.2, 0.25) is 5.91 Å². The summed E-state index contributed by atoms with van der Waals surface area (Å²) in [4.78, 5) is 23.3. The second-order valence-corrected chi connectivity index (χ2v) is 4.47. The van der Waals surface area contributed by atoms with Crippen molar-refractivity contribution in [3.05, 3.63) is 71.8 Å². The predicted octanol–water partition coefficient (Wildman–Crippen LogP) is 2.03. The first kappa shape index (κ1) is 13.8. The molecule has 4 nitrogen and oxygen atoms in total. The van der Waals surface area contributed by atoms with Crippen molar-refractivity contribution in [3.8, 4) is 0 Å². The van der Waals surface area contributed by atoms with Crippen LogP contribution in [0.25, 0.3) is 0 Å². The minimum atomic E-state index is -0.452. The molecular formula is C16H16N2O2. The molecule has 0 fully saturated rings. The Kier molecular flexibility index (Phi) is 4.50. The highest BCUT2D eigenvalue weighted by molar-refractivity contribution is 5.94. The molecule has 1 unspecified atom stereocenters. The molecule has 0 saturated carbocycles. The first-order chi connectivity index (χ1) is 9.66. The Bertz CT molecular complexity index is 582. The van der Waals surface area contributed by atoms with Crippen molar-refractivity contribution in [2.45, 2.75) is 12.5 Å². The number of amides is 2. The molecule has 0 aliphatic carbocycles. The molecule has 2 aromatic carbocycles. The molecule has 0 aliphatic rings. The number of nitrogens with two attached hydrogens (primary N) is 1. The average Bonchev–Trinajstić information content (AvgIpc) is 2.48. The van der Waals surface area contributed by atoms with Crippen molar-refractivity contribution >= 4 is 11.8 Å². The second-order valence-electron chi connectivity index (χ2n) is 4.47. The number of hydrogen-bond donors (Lipinski definition) is 2. The summed E-state index contributed by atoms with van der Waals surface area (Å²) in [6.45, 7) is 0. The molecule has 0 saturated heterocycles. The zero-order valence-electron chi connectivity index (χ0n) is 11.0. The van der Waals surface area contributed by atoms with Gasteiger partial charge in [-0.1, -0.05) is 48.5 Å². The smallest absolute Gasteiger partial charge is 0.251 e. The molecule has 2 amide bonds. The van der Waals surface area contributed by atoms with Crippen LogP contribution in [0.15, 0.2) is 60.7 Å². The van der Waals surface area contributed by atoms with Crippen LogP contribution >= 0.6 is 0 Å². The normalized spacial score (nSPS) is 11.6. The van der Waals surface area contributed by atoms with Crippen LogP contribution in [0.3, 0.4) is 0 Å². The third-order valence-electron chi connectivity index (χ3n) is 2.95. The Morgan fingerprint density at radius 3 is 2.05 bits per heavy atom. The first-order valence-corrected chi connectivity index (χ1v) is 6.36. The molecule has 0 aromatic heterocycles. The summed E-state index contributed by atoms with van der Waals surface area (Å²) in [6, 6.07) is 17.8. The molecule has 0 bridgehead atoms. The summed E-state index contributed by atoms with van der Waals surface area (Å²) in [5, 5.41) is 2.84. The third-order valence-corrected chi connectivity index (χ3v) is 2.95. The molecule has 20 heavy (non-hydrogen) atoms. The second kappa shape index (κ2) is 6.52. The van der Waals surface area contributed by atoms with E-state index >= 15 is 0 Å². The third kappa shape index (κ3) is 3.68. The van der Waals surface area contributed by atoms with E-state index in [4.69, 9.17) is 5.73 Å². The van der Waals surface area contributed by atoms with Crippen molar-refractivity contribution in [2.75, 3.05) is 0 Å². The lowest BCUT2D eigenvalue weighted by molar-refractivity contribution is -0.118. The summed E-state index contributed by atoms with van der Waals surface area (Å²) in [7, 11) is 0. The number of benzene rings is 2. The van der Waals surface area contributed by atoms with Gasteiger partial charge in [0.25, 0.3) is 5.91 Å². The number of nitrogens with one attached hydrogen (secondary N) is 1. The fourth-order valence-electron chi connectivity index (χ4n) is 1.97. The van der Waals surface area contributed by atoms with E-state index in [0.29, 0.717) is 5.56 Å². The van der Waals surface area contributed by atoms with Crippen molar-refractivity contribution in [3.63, 3.8) is 0 Å². The lowest BCUT2D eigenvalue weighted by Gasteiger charge is -2.17. The van der Waals surface area contributed by atoms with E-state index in [1.807, 2.05) is 36.4 Å². The number of hydrogen-bond acceptors (Lipinski definition) is 2. The summed E-state index contributed by atoms with van der Waals surface area (Å²) in [5.74, 6) is -0.673. The Morgan fingerprint density at radius 1 is 0.950 bits per heavy atom. The van der Waals surface area contributed by atoms with Crippen LogP contribution < -0.4 is 11.1 Å². The number of carbonyl (C=O) groups is 2. The topological polar surface area (TPSA) is 72.2 Å². The molecule has 2 rings (SSSR count). The fraction of sp³-hybridized carbons (Fsp3) is 0.125. The average molecular weight is 268 g/mol. The number of primary amides is 1. The van der Waals surface area contributed by atoms with Crippen molar-refractivity contribution < 1.29 is 9.59 Å². The Morgan fingerprint density at radius 2 is 1.50 bits per heavy atom. The molecule has 0 spiro atoms. The van der Waals surface area contributed by atoms with Crippen LogP contribution in [-0.2, 0) is 4.79 Å². The molecule has 2 aromatic rings. The monoisotopic (exact) mass is 268 g/mol. The highest BCUT2D eigenvalue weighted by atomic mass is 16.2.